The average molecular weight is 517 g/mol. The summed E-state index contributed by atoms with van der Waals surface area (Å²) in [4.78, 5) is 53.7. The second kappa shape index (κ2) is 15.8. The highest BCUT2D eigenvalue weighted by Gasteiger charge is 2.48. The van der Waals surface area contributed by atoms with E-state index < -0.39 is 35.3 Å². The van der Waals surface area contributed by atoms with Crippen LogP contribution >= 0.6 is 0 Å². The number of unbranched alkanes of at least 4 members (excludes halogenated alkanes) is 2. The Hall–Kier alpha value is -3.20. The Morgan fingerprint density at radius 2 is 1.65 bits per heavy atom. The number of aliphatic hydroxyl groups is 1. The van der Waals surface area contributed by atoms with Crippen molar-refractivity contribution in [3.05, 3.63) is 48.0 Å². The van der Waals surface area contributed by atoms with Crippen molar-refractivity contribution in [3.63, 3.8) is 0 Å². The lowest BCUT2D eigenvalue weighted by Gasteiger charge is -2.44. The van der Waals surface area contributed by atoms with Gasteiger partial charge in [-0.05, 0) is 38.2 Å². The van der Waals surface area contributed by atoms with Gasteiger partial charge in [0, 0.05) is 18.7 Å². The third kappa shape index (κ3) is 9.99. The number of carbonyl (C=O) groups excluding carboxylic acids is 4. The molecule has 4 amide bonds. The van der Waals surface area contributed by atoms with Gasteiger partial charge in [-0.1, -0.05) is 70.5 Å². The fourth-order valence-corrected chi connectivity index (χ4v) is 4.12. The number of benzene rings is 1. The fraction of sp³-hybridized carbons (Fsp3) is 0.571. The Bertz CT molecular complexity index is 916. The van der Waals surface area contributed by atoms with E-state index in [1.165, 1.54) is 0 Å². The van der Waals surface area contributed by atoms with Crippen LogP contribution in [0.4, 0.5) is 0 Å². The minimum Gasteiger partial charge on any atom is -0.392 e. The van der Waals surface area contributed by atoms with Crippen LogP contribution in [0.15, 0.2) is 42.5 Å². The normalized spacial score (nSPS) is 13.3. The predicted molar refractivity (Wildman–Crippen MR) is 144 cm³/mol. The Balaban J connectivity index is 3.50. The summed E-state index contributed by atoms with van der Waals surface area (Å²) in [6.45, 7) is 12.5. The van der Waals surface area contributed by atoms with Crippen LogP contribution in [0.1, 0.15) is 65.9 Å². The van der Waals surface area contributed by atoms with Crippen molar-refractivity contribution in [2.45, 2.75) is 71.9 Å². The summed E-state index contributed by atoms with van der Waals surface area (Å²) in [5, 5.41) is 17.3. The standard InChI is InChI=1S/C28H44N4O5/c1-7-8-12-15-32(25(35)19-30-26(36)21(4)5)28(16-20(2)3,23-13-10-9-11-14-23)27(37)31-18-24(34)29-17-22(6)33/h9-11,13-14,20,22,33H,4,7-8,12,15-19H2,1-3,5-6H3,(H,29,34)(H,30,36)(H,31,37). The summed E-state index contributed by atoms with van der Waals surface area (Å²) in [5.41, 5.74) is -0.497. The van der Waals surface area contributed by atoms with E-state index in [4.69, 9.17) is 0 Å². The first kappa shape index (κ1) is 31.8. The summed E-state index contributed by atoms with van der Waals surface area (Å²) in [7, 11) is 0. The number of nitrogens with one attached hydrogen (secondary N) is 3. The molecule has 0 spiro atoms. The molecule has 37 heavy (non-hydrogen) atoms. The smallest absolute Gasteiger partial charge is 0.251 e. The maximum absolute atomic E-state index is 14.0. The van der Waals surface area contributed by atoms with Gasteiger partial charge in [0.25, 0.3) is 5.91 Å². The zero-order valence-electron chi connectivity index (χ0n) is 22.9. The van der Waals surface area contributed by atoms with Gasteiger partial charge in [-0.3, -0.25) is 19.2 Å². The number of rotatable bonds is 16. The number of hydrogen-bond donors (Lipinski definition) is 4. The number of carbonyl (C=O) groups is 4. The molecule has 4 N–H and O–H groups in total. The molecule has 0 bridgehead atoms. The highest BCUT2D eigenvalue weighted by Crippen LogP contribution is 2.36. The molecule has 206 valence electrons. The molecule has 9 nitrogen and oxygen atoms in total. The maximum atomic E-state index is 14.0. The molecule has 0 fully saturated rings. The Labute approximate surface area is 221 Å². The van der Waals surface area contributed by atoms with Crippen molar-refractivity contribution in [3.8, 4) is 0 Å². The Morgan fingerprint density at radius 1 is 1.00 bits per heavy atom. The van der Waals surface area contributed by atoms with E-state index in [1.807, 2.05) is 44.2 Å². The van der Waals surface area contributed by atoms with Crippen molar-refractivity contribution in [1.29, 1.82) is 0 Å². The minimum atomic E-state index is -1.40. The monoisotopic (exact) mass is 516 g/mol. The summed E-state index contributed by atoms with van der Waals surface area (Å²) < 4.78 is 0. The highest BCUT2D eigenvalue weighted by atomic mass is 16.3. The van der Waals surface area contributed by atoms with Crippen LogP contribution in [0, 0.1) is 5.92 Å². The van der Waals surface area contributed by atoms with Crippen molar-refractivity contribution < 1.29 is 24.3 Å². The van der Waals surface area contributed by atoms with E-state index >= 15 is 0 Å². The molecular formula is C28H44N4O5. The van der Waals surface area contributed by atoms with Gasteiger partial charge in [-0.2, -0.15) is 0 Å². The van der Waals surface area contributed by atoms with E-state index in [-0.39, 0.29) is 31.1 Å². The van der Waals surface area contributed by atoms with Gasteiger partial charge < -0.3 is 26.0 Å². The second-order valence-corrected chi connectivity index (χ2v) is 9.88. The molecule has 0 aliphatic carbocycles. The van der Waals surface area contributed by atoms with Gasteiger partial charge in [0.05, 0.1) is 19.2 Å². The second-order valence-electron chi connectivity index (χ2n) is 9.88. The molecular weight excluding hydrogens is 472 g/mol. The molecule has 1 aromatic carbocycles. The maximum Gasteiger partial charge on any atom is 0.251 e. The van der Waals surface area contributed by atoms with Gasteiger partial charge in [0.15, 0.2) is 0 Å². The van der Waals surface area contributed by atoms with Crippen molar-refractivity contribution in [1.82, 2.24) is 20.9 Å². The van der Waals surface area contributed by atoms with Gasteiger partial charge >= 0.3 is 0 Å². The van der Waals surface area contributed by atoms with Gasteiger partial charge in [-0.25, -0.2) is 0 Å². The summed E-state index contributed by atoms with van der Waals surface area (Å²) in [6.07, 6.45) is 2.05. The number of amides is 4. The fourth-order valence-electron chi connectivity index (χ4n) is 4.12. The van der Waals surface area contributed by atoms with E-state index in [2.05, 4.69) is 29.5 Å². The van der Waals surface area contributed by atoms with Gasteiger partial charge in [-0.15, -0.1) is 0 Å². The predicted octanol–water partition coefficient (Wildman–Crippen LogP) is 2.25. The van der Waals surface area contributed by atoms with Crippen LogP contribution in [0.3, 0.4) is 0 Å². The largest absolute Gasteiger partial charge is 0.392 e. The molecule has 0 saturated heterocycles. The van der Waals surface area contributed by atoms with E-state index in [0.29, 0.717) is 24.9 Å². The van der Waals surface area contributed by atoms with E-state index in [9.17, 15) is 24.3 Å². The van der Waals surface area contributed by atoms with Crippen LogP contribution in [0.25, 0.3) is 0 Å². The molecule has 0 aliphatic rings. The van der Waals surface area contributed by atoms with E-state index in [0.717, 1.165) is 12.8 Å². The van der Waals surface area contributed by atoms with E-state index in [1.54, 1.807) is 18.7 Å². The summed E-state index contributed by atoms with van der Waals surface area (Å²) in [5.74, 6) is -1.74. The average Bonchev–Trinajstić information content (AvgIpc) is 2.85. The highest BCUT2D eigenvalue weighted by molar-refractivity contribution is 5.97. The third-order valence-corrected chi connectivity index (χ3v) is 5.87. The van der Waals surface area contributed by atoms with Crippen LogP contribution in [-0.2, 0) is 24.7 Å². The zero-order chi connectivity index (χ0) is 28.0. The SMILES string of the molecule is C=C(C)C(=O)NCC(=O)N(CCCCC)C(CC(C)C)(C(=O)NCC(=O)NCC(C)O)c1ccccc1. The third-order valence-electron chi connectivity index (χ3n) is 5.87. The van der Waals surface area contributed by atoms with Crippen LogP contribution in [0.5, 0.6) is 0 Å². The molecule has 0 aliphatic heterocycles. The van der Waals surface area contributed by atoms with Crippen molar-refractivity contribution in [2.75, 3.05) is 26.2 Å². The van der Waals surface area contributed by atoms with Gasteiger partial charge in [0.1, 0.15) is 5.54 Å². The first-order chi connectivity index (χ1) is 17.4. The lowest BCUT2D eigenvalue weighted by Crippen LogP contribution is -2.61. The minimum absolute atomic E-state index is 0.0153. The van der Waals surface area contributed by atoms with Gasteiger partial charge in [0.2, 0.25) is 17.7 Å². The Morgan fingerprint density at radius 3 is 2.19 bits per heavy atom. The molecule has 0 heterocycles. The van der Waals surface area contributed by atoms with Crippen molar-refractivity contribution >= 4 is 23.6 Å². The first-order valence-corrected chi connectivity index (χ1v) is 13.0. The molecule has 9 heteroatoms. The van der Waals surface area contributed by atoms with Crippen LogP contribution < -0.4 is 16.0 Å². The molecule has 0 aromatic heterocycles. The summed E-state index contributed by atoms with van der Waals surface area (Å²) >= 11 is 0. The quantitative estimate of drug-likeness (QED) is 0.198. The van der Waals surface area contributed by atoms with Crippen LogP contribution in [-0.4, -0.2) is 65.9 Å². The molecule has 1 rings (SSSR count). The topological polar surface area (TPSA) is 128 Å². The van der Waals surface area contributed by atoms with Crippen molar-refractivity contribution in [2.24, 2.45) is 5.92 Å². The molecule has 2 atom stereocenters. The number of hydrogen-bond acceptors (Lipinski definition) is 5. The van der Waals surface area contributed by atoms with Crippen LogP contribution in [0.2, 0.25) is 0 Å². The molecule has 1 aromatic rings. The molecule has 2 unspecified atom stereocenters. The Kier molecular flexibility index (Phi) is 13.6. The number of aliphatic hydroxyl groups excluding tert-OH is 1. The number of nitrogens with zero attached hydrogens (tertiary/aromatic N) is 1. The lowest BCUT2D eigenvalue weighted by molar-refractivity contribution is -0.150. The summed E-state index contributed by atoms with van der Waals surface area (Å²) in [6, 6.07) is 9.07. The lowest BCUT2D eigenvalue weighted by atomic mass is 9.79. The zero-order valence-corrected chi connectivity index (χ0v) is 22.9. The molecule has 0 radical (unpaired) electrons. The first-order valence-electron chi connectivity index (χ1n) is 13.0. The molecule has 0 saturated carbocycles.